The van der Waals surface area contributed by atoms with E-state index in [1.165, 1.54) is 11.8 Å². The molecular weight excluding hydrogens is 419 g/mol. The van der Waals surface area contributed by atoms with Crippen molar-refractivity contribution in [1.82, 2.24) is 14.8 Å². The van der Waals surface area contributed by atoms with Gasteiger partial charge in [0.15, 0.2) is 11.0 Å². The van der Waals surface area contributed by atoms with Crippen molar-refractivity contribution < 1.29 is 9.53 Å². The zero-order valence-electron chi connectivity index (χ0n) is 15.4. The molecule has 1 unspecified atom stereocenters. The first kappa shape index (κ1) is 20.5. The molecule has 0 bridgehead atoms. The van der Waals surface area contributed by atoms with Gasteiger partial charge in [0.25, 0.3) is 0 Å². The number of nitrogens with one attached hydrogen (secondary N) is 1. The summed E-state index contributed by atoms with van der Waals surface area (Å²) in [6, 6.07) is 12.6. The fourth-order valence-corrected chi connectivity index (χ4v) is 3.77. The highest BCUT2D eigenvalue weighted by Crippen LogP contribution is 2.32. The van der Waals surface area contributed by atoms with Crippen LogP contribution in [0.2, 0.25) is 10.0 Å². The highest BCUT2D eigenvalue weighted by Gasteiger charge is 2.21. The lowest BCUT2D eigenvalue weighted by atomic mass is 10.2. The standard InChI is InChI=1S/C19H18Cl2N4O2S/c1-11(18(26)22-16-14(20)5-4-6-15(16)21)28-19-24-23-17(25(19)2)12-7-9-13(27-3)10-8-12/h4-11H,1-3H3,(H,22,26). The first-order valence-corrected chi connectivity index (χ1v) is 9.99. The quantitative estimate of drug-likeness (QED) is 0.555. The normalized spacial score (nSPS) is 11.9. The van der Waals surface area contributed by atoms with Crippen LogP contribution in [0.5, 0.6) is 5.75 Å². The van der Waals surface area contributed by atoms with E-state index in [2.05, 4.69) is 15.5 Å². The van der Waals surface area contributed by atoms with E-state index < -0.39 is 5.25 Å². The van der Waals surface area contributed by atoms with Gasteiger partial charge in [0.1, 0.15) is 5.75 Å². The molecule has 28 heavy (non-hydrogen) atoms. The lowest BCUT2D eigenvalue weighted by Gasteiger charge is -2.13. The fourth-order valence-electron chi connectivity index (χ4n) is 2.46. The molecular formula is C19H18Cl2N4O2S. The molecule has 0 aliphatic carbocycles. The van der Waals surface area contributed by atoms with E-state index in [0.29, 0.717) is 26.7 Å². The first-order valence-electron chi connectivity index (χ1n) is 8.36. The summed E-state index contributed by atoms with van der Waals surface area (Å²) >= 11 is 13.5. The Kier molecular flexibility index (Phi) is 6.49. The smallest absolute Gasteiger partial charge is 0.237 e. The van der Waals surface area contributed by atoms with Crippen LogP contribution in [-0.2, 0) is 11.8 Å². The third kappa shape index (κ3) is 4.43. The summed E-state index contributed by atoms with van der Waals surface area (Å²) in [7, 11) is 3.48. The van der Waals surface area contributed by atoms with Crippen LogP contribution in [0.1, 0.15) is 6.92 Å². The maximum absolute atomic E-state index is 12.6. The number of carbonyl (C=O) groups excluding carboxylic acids is 1. The van der Waals surface area contributed by atoms with E-state index in [1.54, 1.807) is 32.2 Å². The average molecular weight is 437 g/mol. The SMILES string of the molecule is COc1ccc(-c2nnc(SC(C)C(=O)Nc3c(Cl)cccc3Cl)n2C)cc1. The summed E-state index contributed by atoms with van der Waals surface area (Å²) in [5.74, 6) is 1.24. The molecule has 3 aromatic rings. The number of rotatable bonds is 6. The number of amides is 1. The van der Waals surface area contributed by atoms with Crippen LogP contribution in [-0.4, -0.2) is 33.0 Å². The second-order valence-electron chi connectivity index (χ2n) is 5.94. The lowest BCUT2D eigenvalue weighted by molar-refractivity contribution is -0.115. The van der Waals surface area contributed by atoms with Crippen molar-refractivity contribution in [3.8, 4) is 17.1 Å². The van der Waals surface area contributed by atoms with Crippen molar-refractivity contribution in [2.24, 2.45) is 7.05 Å². The van der Waals surface area contributed by atoms with Crippen molar-refractivity contribution in [1.29, 1.82) is 0 Å². The Morgan fingerprint density at radius 1 is 1.14 bits per heavy atom. The first-order chi connectivity index (χ1) is 13.4. The van der Waals surface area contributed by atoms with Crippen LogP contribution in [0.4, 0.5) is 5.69 Å². The van der Waals surface area contributed by atoms with Crippen LogP contribution in [0.3, 0.4) is 0 Å². The average Bonchev–Trinajstić information content (AvgIpc) is 3.05. The monoisotopic (exact) mass is 436 g/mol. The lowest BCUT2D eigenvalue weighted by Crippen LogP contribution is -2.23. The summed E-state index contributed by atoms with van der Waals surface area (Å²) in [6.07, 6.45) is 0. The molecule has 9 heteroatoms. The van der Waals surface area contributed by atoms with Crippen molar-refractivity contribution in [2.45, 2.75) is 17.3 Å². The fraction of sp³-hybridized carbons (Fsp3) is 0.211. The number of ether oxygens (including phenoxy) is 1. The number of anilines is 1. The number of hydrogen-bond donors (Lipinski definition) is 1. The highest BCUT2D eigenvalue weighted by molar-refractivity contribution is 8.00. The van der Waals surface area contributed by atoms with E-state index in [9.17, 15) is 4.79 Å². The van der Waals surface area contributed by atoms with Crippen molar-refractivity contribution in [3.63, 3.8) is 0 Å². The maximum Gasteiger partial charge on any atom is 0.237 e. The number of benzene rings is 2. The van der Waals surface area contributed by atoms with Gasteiger partial charge in [-0.2, -0.15) is 0 Å². The molecule has 0 saturated carbocycles. The molecule has 1 aromatic heterocycles. The van der Waals surface area contributed by atoms with Crippen LogP contribution in [0.25, 0.3) is 11.4 Å². The van der Waals surface area contributed by atoms with Gasteiger partial charge in [-0.3, -0.25) is 4.79 Å². The zero-order chi connectivity index (χ0) is 20.3. The van der Waals surface area contributed by atoms with Crippen molar-refractivity contribution >= 4 is 46.6 Å². The third-order valence-electron chi connectivity index (χ3n) is 4.05. The van der Waals surface area contributed by atoms with E-state index in [-0.39, 0.29) is 5.91 Å². The van der Waals surface area contributed by atoms with Gasteiger partial charge < -0.3 is 14.6 Å². The van der Waals surface area contributed by atoms with E-state index >= 15 is 0 Å². The molecule has 1 amide bonds. The molecule has 1 atom stereocenters. The molecule has 6 nitrogen and oxygen atoms in total. The number of para-hydroxylation sites is 1. The summed E-state index contributed by atoms with van der Waals surface area (Å²) < 4.78 is 7.02. The molecule has 2 aromatic carbocycles. The number of carbonyl (C=O) groups is 1. The molecule has 1 N–H and O–H groups in total. The Bertz CT molecular complexity index is 972. The van der Waals surface area contributed by atoms with Gasteiger partial charge in [0.2, 0.25) is 5.91 Å². The van der Waals surface area contributed by atoms with Crippen molar-refractivity contribution in [3.05, 3.63) is 52.5 Å². The van der Waals surface area contributed by atoms with E-state index in [4.69, 9.17) is 27.9 Å². The Balaban J connectivity index is 1.73. The van der Waals surface area contributed by atoms with Gasteiger partial charge >= 0.3 is 0 Å². The van der Waals surface area contributed by atoms with Crippen LogP contribution in [0.15, 0.2) is 47.6 Å². The second-order valence-corrected chi connectivity index (χ2v) is 8.06. The highest BCUT2D eigenvalue weighted by atomic mass is 35.5. The molecule has 3 rings (SSSR count). The Hall–Kier alpha value is -2.22. The van der Waals surface area contributed by atoms with Gasteiger partial charge in [-0.25, -0.2) is 0 Å². The molecule has 146 valence electrons. The number of aromatic nitrogens is 3. The molecule has 0 spiro atoms. The van der Waals surface area contributed by atoms with Crippen LogP contribution < -0.4 is 10.1 Å². The summed E-state index contributed by atoms with van der Waals surface area (Å²) in [4.78, 5) is 12.6. The summed E-state index contributed by atoms with van der Waals surface area (Å²) in [6.45, 7) is 1.78. The molecule has 0 saturated heterocycles. The van der Waals surface area contributed by atoms with Crippen molar-refractivity contribution in [2.75, 3.05) is 12.4 Å². The minimum Gasteiger partial charge on any atom is -0.497 e. The second kappa shape index (κ2) is 8.86. The molecule has 0 aliphatic heterocycles. The summed E-state index contributed by atoms with van der Waals surface area (Å²) in [5, 5.41) is 12.2. The summed E-state index contributed by atoms with van der Waals surface area (Å²) in [5.41, 5.74) is 1.31. The number of nitrogens with zero attached hydrogens (tertiary/aromatic N) is 3. The van der Waals surface area contributed by atoms with Gasteiger partial charge in [-0.15, -0.1) is 10.2 Å². The third-order valence-corrected chi connectivity index (χ3v) is 5.81. The Labute approximate surface area is 177 Å². The van der Waals surface area contributed by atoms with Gasteiger partial charge in [0.05, 0.1) is 28.1 Å². The topological polar surface area (TPSA) is 69.0 Å². The maximum atomic E-state index is 12.6. The molecule has 0 radical (unpaired) electrons. The minimum atomic E-state index is -0.432. The van der Waals surface area contributed by atoms with E-state index in [1.807, 2.05) is 35.9 Å². The van der Waals surface area contributed by atoms with E-state index in [0.717, 1.165) is 11.3 Å². The minimum absolute atomic E-state index is 0.228. The number of thioether (sulfide) groups is 1. The number of hydrogen-bond acceptors (Lipinski definition) is 5. The molecule has 0 fully saturated rings. The van der Waals surface area contributed by atoms with Crippen LogP contribution >= 0.6 is 35.0 Å². The van der Waals surface area contributed by atoms with Crippen LogP contribution in [0, 0.1) is 0 Å². The largest absolute Gasteiger partial charge is 0.497 e. The van der Waals surface area contributed by atoms with Gasteiger partial charge in [0, 0.05) is 12.6 Å². The Morgan fingerprint density at radius 3 is 2.39 bits per heavy atom. The predicted octanol–water partition coefficient (Wildman–Crippen LogP) is 4.92. The Morgan fingerprint density at radius 2 is 1.79 bits per heavy atom. The van der Waals surface area contributed by atoms with Gasteiger partial charge in [-0.1, -0.05) is 41.0 Å². The predicted molar refractivity (Wildman–Crippen MR) is 113 cm³/mol. The van der Waals surface area contributed by atoms with Gasteiger partial charge in [-0.05, 0) is 43.3 Å². The molecule has 1 heterocycles. The molecule has 0 aliphatic rings. The number of methoxy groups -OCH3 is 1. The number of halogens is 2. The zero-order valence-corrected chi connectivity index (χ0v) is 17.8.